The van der Waals surface area contributed by atoms with Gasteiger partial charge in [0.15, 0.2) is 0 Å². The Labute approximate surface area is 137 Å². The lowest BCUT2D eigenvalue weighted by molar-refractivity contribution is 0.100. The first kappa shape index (κ1) is 17.0. The third kappa shape index (κ3) is 3.72. The van der Waals surface area contributed by atoms with Gasteiger partial charge in [0.1, 0.15) is 16.5 Å². The fourth-order valence-corrected chi connectivity index (χ4v) is 3.43. The average Bonchev–Trinajstić information content (AvgIpc) is 2.46. The Balaban J connectivity index is 2.48. The second-order valence-corrected chi connectivity index (χ2v) is 6.52. The summed E-state index contributed by atoms with van der Waals surface area (Å²) in [6.07, 6.45) is 0. The van der Waals surface area contributed by atoms with E-state index in [9.17, 15) is 17.6 Å². The lowest BCUT2D eigenvalue weighted by Crippen LogP contribution is -2.16. The van der Waals surface area contributed by atoms with Gasteiger partial charge in [-0.3, -0.25) is 9.52 Å². The number of halogens is 2. The fourth-order valence-electron chi connectivity index (χ4n) is 1.83. The molecule has 3 N–H and O–H groups in total. The van der Waals surface area contributed by atoms with Crippen LogP contribution in [-0.4, -0.2) is 21.4 Å². The molecule has 0 aliphatic heterocycles. The van der Waals surface area contributed by atoms with Gasteiger partial charge in [0.05, 0.1) is 17.8 Å². The van der Waals surface area contributed by atoms with E-state index in [-0.39, 0.29) is 26.9 Å². The first-order valence-corrected chi connectivity index (χ1v) is 8.06. The van der Waals surface area contributed by atoms with Crippen molar-refractivity contribution < 1.29 is 22.3 Å². The maximum atomic E-state index is 13.1. The number of hydrogen-bond acceptors (Lipinski definition) is 4. The first-order valence-electron chi connectivity index (χ1n) is 6.20. The minimum atomic E-state index is -4.12. The number of anilines is 1. The summed E-state index contributed by atoms with van der Waals surface area (Å²) in [7, 11) is -2.78. The molecule has 0 aromatic heterocycles. The van der Waals surface area contributed by atoms with Crippen LogP contribution < -0.4 is 15.2 Å². The van der Waals surface area contributed by atoms with Gasteiger partial charge in [-0.2, -0.15) is 0 Å². The van der Waals surface area contributed by atoms with E-state index in [2.05, 4.69) is 4.72 Å². The number of primary amides is 1. The third-order valence-corrected chi connectivity index (χ3v) is 4.76. The van der Waals surface area contributed by atoms with Gasteiger partial charge in [-0.15, -0.1) is 0 Å². The van der Waals surface area contributed by atoms with Gasteiger partial charge in [0.2, 0.25) is 5.91 Å². The molecule has 0 aliphatic rings. The highest BCUT2D eigenvalue weighted by molar-refractivity contribution is 7.92. The zero-order chi connectivity index (χ0) is 17.2. The Morgan fingerprint density at radius 2 is 1.96 bits per heavy atom. The van der Waals surface area contributed by atoms with Gasteiger partial charge in [0.25, 0.3) is 10.0 Å². The van der Waals surface area contributed by atoms with E-state index in [0.717, 1.165) is 18.2 Å². The number of nitrogens with two attached hydrogens (primary N) is 1. The largest absolute Gasteiger partial charge is 0.495 e. The molecule has 0 fully saturated rings. The number of ether oxygens (including phenoxy) is 1. The first-order chi connectivity index (χ1) is 10.7. The number of rotatable bonds is 5. The van der Waals surface area contributed by atoms with Crippen molar-refractivity contribution >= 4 is 33.2 Å². The summed E-state index contributed by atoms with van der Waals surface area (Å²) in [4.78, 5) is 10.9. The quantitative estimate of drug-likeness (QED) is 0.857. The standard InChI is InChI=1S/C14H12ClFN2O4S/c1-22-12-4-2-8(14(17)19)6-11(12)18-23(20,21)13-5-3-9(16)7-10(13)15/h2-7,18H,1H3,(H2,17,19). The molecule has 9 heteroatoms. The van der Waals surface area contributed by atoms with Gasteiger partial charge < -0.3 is 10.5 Å². The molecule has 0 unspecified atom stereocenters. The van der Waals surface area contributed by atoms with Crippen LogP contribution in [0.5, 0.6) is 5.75 Å². The van der Waals surface area contributed by atoms with Gasteiger partial charge >= 0.3 is 0 Å². The van der Waals surface area contributed by atoms with Crippen LogP contribution >= 0.6 is 11.6 Å². The number of sulfonamides is 1. The van der Waals surface area contributed by atoms with E-state index in [1.807, 2.05) is 0 Å². The van der Waals surface area contributed by atoms with E-state index in [1.165, 1.54) is 25.3 Å². The van der Waals surface area contributed by atoms with Crippen molar-refractivity contribution in [3.8, 4) is 5.75 Å². The maximum Gasteiger partial charge on any atom is 0.263 e. The van der Waals surface area contributed by atoms with Crippen LogP contribution in [0, 0.1) is 5.82 Å². The average molecular weight is 359 g/mol. The minimum Gasteiger partial charge on any atom is -0.495 e. The summed E-state index contributed by atoms with van der Waals surface area (Å²) in [5, 5.41) is -0.275. The molecule has 0 radical (unpaired) electrons. The third-order valence-electron chi connectivity index (χ3n) is 2.91. The summed E-state index contributed by atoms with van der Waals surface area (Å²) < 4.78 is 45.1. The van der Waals surface area contributed by atoms with E-state index in [1.54, 1.807) is 0 Å². The molecular weight excluding hydrogens is 347 g/mol. The van der Waals surface area contributed by atoms with Crippen molar-refractivity contribution in [1.29, 1.82) is 0 Å². The van der Waals surface area contributed by atoms with Gasteiger partial charge in [-0.25, -0.2) is 12.8 Å². The second kappa shape index (κ2) is 6.43. The van der Waals surface area contributed by atoms with Crippen molar-refractivity contribution in [1.82, 2.24) is 0 Å². The van der Waals surface area contributed by atoms with Crippen LogP contribution in [0.15, 0.2) is 41.3 Å². The van der Waals surface area contributed by atoms with Crippen molar-refractivity contribution in [2.45, 2.75) is 4.90 Å². The molecule has 0 atom stereocenters. The molecule has 2 aromatic carbocycles. The summed E-state index contributed by atoms with van der Waals surface area (Å²) in [5.74, 6) is -1.22. The van der Waals surface area contributed by atoms with Crippen LogP contribution in [-0.2, 0) is 10.0 Å². The molecule has 0 saturated carbocycles. The summed E-state index contributed by atoms with van der Waals surface area (Å²) in [6, 6.07) is 6.90. The lowest BCUT2D eigenvalue weighted by Gasteiger charge is -2.13. The molecule has 0 aliphatic carbocycles. The maximum absolute atomic E-state index is 13.1. The number of nitrogens with one attached hydrogen (secondary N) is 1. The molecule has 2 rings (SSSR count). The Morgan fingerprint density at radius 3 is 2.52 bits per heavy atom. The normalized spacial score (nSPS) is 11.1. The highest BCUT2D eigenvalue weighted by Crippen LogP contribution is 2.30. The Hall–Kier alpha value is -2.32. The number of carbonyl (C=O) groups excluding carboxylic acids is 1. The zero-order valence-corrected chi connectivity index (χ0v) is 13.4. The van der Waals surface area contributed by atoms with Crippen molar-refractivity contribution in [3.63, 3.8) is 0 Å². The van der Waals surface area contributed by atoms with Crippen LogP contribution in [0.2, 0.25) is 5.02 Å². The molecule has 0 heterocycles. The topological polar surface area (TPSA) is 98.5 Å². The summed E-state index contributed by atoms with van der Waals surface area (Å²) in [6.45, 7) is 0. The number of methoxy groups -OCH3 is 1. The van der Waals surface area contributed by atoms with E-state index >= 15 is 0 Å². The zero-order valence-electron chi connectivity index (χ0n) is 11.8. The summed E-state index contributed by atoms with van der Waals surface area (Å²) >= 11 is 5.77. The number of amides is 1. The fraction of sp³-hybridized carbons (Fsp3) is 0.0714. The number of carbonyl (C=O) groups is 1. The SMILES string of the molecule is COc1ccc(C(N)=O)cc1NS(=O)(=O)c1ccc(F)cc1Cl. The molecule has 23 heavy (non-hydrogen) atoms. The van der Waals surface area contributed by atoms with E-state index < -0.39 is 21.7 Å². The number of benzene rings is 2. The monoisotopic (exact) mass is 358 g/mol. The highest BCUT2D eigenvalue weighted by atomic mass is 35.5. The minimum absolute atomic E-state index is 0.00388. The van der Waals surface area contributed by atoms with Crippen LogP contribution in [0.3, 0.4) is 0 Å². The molecule has 1 amide bonds. The molecule has 0 saturated heterocycles. The van der Waals surface area contributed by atoms with Crippen molar-refractivity contribution in [2.75, 3.05) is 11.8 Å². The molecule has 0 spiro atoms. The van der Waals surface area contributed by atoms with E-state index in [4.69, 9.17) is 22.1 Å². The molecule has 6 nitrogen and oxygen atoms in total. The molecule has 122 valence electrons. The van der Waals surface area contributed by atoms with Gasteiger partial charge in [-0.1, -0.05) is 11.6 Å². The van der Waals surface area contributed by atoms with Gasteiger partial charge in [-0.05, 0) is 36.4 Å². The smallest absolute Gasteiger partial charge is 0.263 e. The summed E-state index contributed by atoms with van der Waals surface area (Å²) in [5.41, 5.74) is 5.27. The lowest BCUT2D eigenvalue weighted by atomic mass is 10.2. The number of hydrogen-bond donors (Lipinski definition) is 2. The van der Waals surface area contributed by atoms with Crippen molar-refractivity contribution in [2.24, 2.45) is 5.73 Å². The predicted octanol–water partition coefficient (Wildman–Crippen LogP) is 2.39. The molecular formula is C14H12ClFN2O4S. The Bertz CT molecular complexity index is 871. The van der Waals surface area contributed by atoms with Crippen LogP contribution in [0.4, 0.5) is 10.1 Å². The predicted molar refractivity (Wildman–Crippen MR) is 83.7 cm³/mol. The van der Waals surface area contributed by atoms with Crippen LogP contribution in [0.1, 0.15) is 10.4 Å². The van der Waals surface area contributed by atoms with Crippen molar-refractivity contribution in [3.05, 3.63) is 52.8 Å². The van der Waals surface area contributed by atoms with Gasteiger partial charge in [0, 0.05) is 5.56 Å². The van der Waals surface area contributed by atoms with E-state index in [0.29, 0.717) is 0 Å². The van der Waals surface area contributed by atoms with Crippen LogP contribution in [0.25, 0.3) is 0 Å². The molecule has 2 aromatic rings. The Morgan fingerprint density at radius 1 is 1.26 bits per heavy atom. The molecule has 0 bridgehead atoms. The second-order valence-electron chi connectivity index (χ2n) is 4.46. The highest BCUT2D eigenvalue weighted by Gasteiger charge is 2.21. The Kier molecular flexibility index (Phi) is 4.76.